The molecule has 1 N–H and O–H groups in total. The van der Waals surface area contributed by atoms with E-state index >= 15 is 0 Å². The quantitative estimate of drug-likeness (QED) is 0.500. The van der Waals surface area contributed by atoms with Crippen LogP contribution in [-0.2, 0) is 23.9 Å². The molecule has 1 fully saturated rings. The van der Waals surface area contributed by atoms with Crippen molar-refractivity contribution < 1.29 is 23.9 Å². The lowest BCUT2D eigenvalue weighted by molar-refractivity contribution is -0.151. The fourth-order valence-electron chi connectivity index (χ4n) is 5.37. The largest absolute Gasteiger partial charge is 0.468 e. The summed E-state index contributed by atoms with van der Waals surface area (Å²) in [6.45, 7) is 3.70. The molecule has 176 valence electrons. The zero-order valence-corrected chi connectivity index (χ0v) is 20.0. The van der Waals surface area contributed by atoms with Gasteiger partial charge in [0.25, 0.3) is 0 Å². The topological polar surface area (TPSA) is 81.7 Å². The van der Waals surface area contributed by atoms with Gasteiger partial charge >= 0.3 is 11.9 Å². The van der Waals surface area contributed by atoms with E-state index in [1.807, 2.05) is 19.9 Å². The minimum atomic E-state index is -0.911. The Kier molecular flexibility index (Phi) is 6.94. The highest BCUT2D eigenvalue weighted by molar-refractivity contribution is 6.30. The molecule has 7 heteroatoms. The standard InChI is InChI=1S/C26H30ClNO5/c1-14-12-19-23(24(29)20(14)25(30)32-3)22(16-8-7-9-17(27)13-16)21(15(2)28-19)26(31)33-18-10-5-4-6-11-18/h7-9,13-14,18,20,22,28H,4-6,10-12H2,1-3H3. The van der Waals surface area contributed by atoms with Crippen LogP contribution in [0, 0.1) is 11.8 Å². The lowest BCUT2D eigenvalue weighted by atomic mass is 9.69. The lowest BCUT2D eigenvalue weighted by Gasteiger charge is -2.38. The molecule has 33 heavy (non-hydrogen) atoms. The van der Waals surface area contributed by atoms with Gasteiger partial charge in [-0.05, 0) is 62.6 Å². The molecule has 0 amide bonds. The Morgan fingerprint density at radius 1 is 1.15 bits per heavy atom. The Hall–Kier alpha value is -2.60. The van der Waals surface area contributed by atoms with Gasteiger partial charge in [0.15, 0.2) is 5.78 Å². The maximum atomic E-state index is 13.7. The normalized spacial score (nSPS) is 25.9. The van der Waals surface area contributed by atoms with E-state index < -0.39 is 23.8 Å². The first-order valence-electron chi connectivity index (χ1n) is 11.6. The average Bonchev–Trinajstić information content (AvgIpc) is 2.78. The van der Waals surface area contributed by atoms with E-state index in [0.29, 0.717) is 28.3 Å². The Morgan fingerprint density at radius 3 is 2.55 bits per heavy atom. The molecular formula is C26H30ClNO5. The van der Waals surface area contributed by atoms with Gasteiger partial charge < -0.3 is 14.8 Å². The molecule has 6 nitrogen and oxygen atoms in total. The number of benzene rings is 1. The molecule has 0 aromatic heterocycles. The number of carbonyl (C=O) groups excluding carboxylic acids is 3. The van der Waals surface area contributed by atoms with Gasteiger partial charge in [0.2, 0.25) is 0 Å². The number of methoxy groups -OCH3 is 1. The molecule has 1 aromatic rings. The van der Waals surface area contributed by atoms with Crippen molar-refractivity contribution in [3.8, 4) is 0 Å². The van der Waals surface area contributed by atoms with Crippen LogP contribution in [0.3, 0.4) is 0 Å². The van der Waals surface area contributed by atoms with Crippen molar-refractivity contribution in [1.82, 2.24) is 5.32 Å². The Bertz CT molecular complexity index is 1040. The summed E-state index contributed by atoms with van der Waals surface area (Å²) in [5.74, 6) is -3.09. The summed E-state index contributed by atoms with van der Waals surface area (Å²) >= 11 is 6.30. The average molecular weight is 472 g/mol. The molecule has 0 bridgehead atoms. The smallest absolute Gasteiger partial charge is 0.337 e. The van der Waals surface area contributed by atoms with Crippen LogP contribution in [0.25, 0.3) is 0 Å². The Balaban J connectivity index is 1.78. The fraction of sp³-hybridized carbons (Fsp3) is 0.500. The van der Waals surface area contributed by atoms with Crippen LogP contribution in [0.15, 0.2) is 46.8 Å². The number of rotatable bonds is 4. The van der Waals surface area contributed by atoms with Crippen LogP contribution in [0.5, 0.6) is 0 Å². The summed E-state index contributed by atoms with van der Waals surface area (Å²) < 4.78 is 10.9. The van der Waals surface area contributed by atoms with Crippen molar-refractivity contribution in [3.05, 3.63) is 57.4 Å². The molecule has 0 spiro atoms. The lowest BCUT2D eigenvalue weighted by Crippen LogP contribution is -2.43. The molecule has 0 radical (unpaired) electrons. The molecule has 4 rings (SSSR count). The van der Waals surface area contributed by atoms with E-state index in [-0.39, 0.29) is 17.8 Å². The monoisotopic (exact) mass is 471 g/mol. The van der Waals surface area contributed by atoms with Gasteiger partial charge in [0.1, 0.15) is 12.0 Å². The molecule has 1 saturated carbocycles. The van der Waals surface area contributed by atoms with Crippen molar-refractivity contribution in [1.29, 1.82) is 0 Å². The summed E-state index contributed by atoms with van der Waals surface area (Å²) in [4.78, 5) is 39.7. The predicted molar refractivity (Wildman–Crippen MR) is 124 cm³/mol. The number of allylic oxidation sites excluding steroid dienone is 3. The van der Waals surface area contributed by atoms with Crippen molar-refractivity contribution in [3.63, 3.8) is 0 Å². The molecule has 3 unspecified atom stereocenters. The molecular weight excluding hydrogens is 442 g/mol. The van der Waals surface area contributed by atoms with Gasteiger partial charge in [-0.3, -0.25) is 9.59 Å². The van der Waals surface area contributed by atoms with Crippen molar-refractivity contribution in [2.24, 2.45) is 11.8 Å². The van der Waals surface area contributed by atoms with Crippen LogP contribution in [0.4, 0.5) is 0 Å². The molecule has 0 saturated heterocycles. The fourth-order valence-corrected chi connectivity index (χ4v) is 5.57. The third-order valence-corrected chi connectivity index (χ3v) is 7.21. The predicted octanol–water partition coefficient (Wildman–Crippen LogP) is 4.83. The molecule has 1 heterocycles. The van der Waals surface area contributed by atoms with Gasteiger partial charge in [-0.15, -0.1) is 0 Å². The van der Waals surface area contributed by atoms with Crippen LogP contribution < -0.4 is 5.32 Å². The van der Waals surface area contributed by atoms with Crippen molar-refractivity contribution >= 4 is 29.3 Å². The molecule has 2 aliphatic carbocycles. The van der Waals surface area contributed by atoms with Crippen LogP contribution in [-0.4, -0.2) is 30.9 Å². The van der Waals surface area contributed by atoms with Crippen LogP contribution >= 0.6 is 11.6 Å². The first-order valence-corrected chi connectivity index (χ1v) is 12.0. The second-order valence-corrected chi connectivity index (χ2v) is 9.69. The van der Waals surface area contributed by atoms with E-state index in [9.17, 15) is 14.4 Å². The second kappa shape index (κ2) is 9.72. The van der Waals surface area contributed by atoms with Gasteiger partial charge in [-0.1, -0.05) is 37.1 Å². The first-order chi connectivity index (χ1) is 15.8. The highest BCUT2D eigenvalue weighted by Crippen LogP contribution is 2.46. The number of hydrogen-bond donors (Lipinski definition) is 1. The number of hydrogen-bond acceptors (Lipinski definition) is 6. The molecule has 1 aliphatic heterocycles. The van der Waals surface area contributed by atoms with Gasteiger partial charge in [0, 0.05) is 27.9 Å². The van der Waals surface area contributed by atoms with Gasteiger partial charge in [-0.25, -0.2) is 4.79 Å². The zero-order valence-electron chi connectivity index (χ0n) is 19.3. The highest BCUT2D eigenvalue weighted by Gasteiger charge is 2.47. The van der Waals surface area contributed by atoms with E-state index in [2.05, 4.69) is 5.32 Å². The van der Waals surface area contributed by atoms with Crippen molar-refractivity contribution in [2.75, 3.05) is 7.11 Å². The third kappa shape index (κ3) is 4.58. The number of ether oxygens (including phenoxy) is 2. The maximum absolute atomic E-state index is 13.7. The number of carbonyl (C=O) groups is 3. The second-order valence-electron chi connectivity index (χ2n) is 9.26. The van der Waals surface area contributed by atoms with Crippen LogP contribution in [0.1, 0.15) is 63.9 Å². The SMILES string of the molecule is COC(=O)C1C(=O)C2=C(CC1C)NC(C)=C(C(=O)OC1CCCCC1)C2c1cccc(Cl)c1. The number of esters is 2. The molecule has 3 aliphatic rings. The minimum Gasteiger partial charge on any atom is -0.468 e. The first kappa shape index (κ1) is 23.6. The summed E-state index contributed by atoms with van der Waals surface area (Å²) in [5.41, 5.74) is 2.94. The Morgan fingerprint density at radius 2 is 1.88 bits per heavy atom. The number of nitrogens with one attached hydrogen (secondary N) is 1. The summed E-state index contributed by atoms with van der Waals surface area (Å²) in [6.07, 6.45) is 5.31. The van der Waals surface area contributed by atoms with E-state index in [1.54, 1.807) is 18.2 Å². The van der Waals surface area contributed by atoms with Crippen LogP contribution in [0.2, 0.25) is 5.02 Å². The Labute approximate surface area is 199 Å². The minimum absolute atomic E-state index is 0.119. The highest BCUT2D eigenvalue weighted by atomic mass is 35.5. The third-order valence-electron chi connectivity index (χ3n) is 6.97. The van der Waals surface area contributed by atoms with E-state index in [1.165, 1.54) is 7.11 Å². The number of halogens is 1. The number of Topliss-reactive ketones (excluding diaryl/α,β-unsaturated/α-hetero) is 1. The number of dihydropyridines is 1. The number of ketones is 1. The van der Waals surface area contributed by atoms with Gasteiger partial charge in [-0.2, -0.15) is 0 Å². The molecule has 1 aromatic carbocycles. The van der Waals surface area contributed by atoms with E-state index in [4.69, 9.17) is 21.1 Å². The van der Waals surface area contributed by atoms with Crippen molar-refractivity contribution in [2.45, 2.75) is 64.4 Å². The molecule has 3 atom stereocenters. The maximum Gasteiger partial charge on any atom is 0.337 e. The summed E-state index contributed by atoms with van der Waals surface area (Å²) in [7, 11) is 1.29. The summed E-state index contributed by atoms with van der Waals surface area (Å²) in [5, 5.41) is 3.80. The van der Waals surface area contributed by atoms with E-state index in [0.717, 1.165) is 43.4 Å². The zero-order chi connectivity index (χ0) is 23.7. The van der Waals surface area contributed by atoms with Gasteiger partial charge in [0.05, 0.1) is 12.7 Å². The summed E-state index contributed by atoms with van der Waals surface area (Å²) in [6, 6.07) is 7.17.